The minimum Gasteiger partial charge on any atom is -0.462 e. The Morgan fingerprint density at radius 1 is 1.67 bits per heavy atom. The Labute approximate surface area is 62.7 Å². The first-order chi connectivity index (χ1) is 4.33. The van der Waals surface area contributed by atoms with Crippen LogP contribution in [0.4, 0.5) is 0 Å². The number of alkyl halides is 1. The van der Waals surface area contributed by atoms with Gasteiger partial charge in [0.1, 0.15) is 11.4 Å². The molecule has 0 heterocycles. The molecule has 1 rings (SSSR count). The van der Waals surface area contributed by atoms with Gasteiger partial charge >= 0.3 is 5.97 Å². The minimum atomic E-state index is -0.139. The average molecular weight is 193 g/mol. The fourth-order valence-electron chi connectivity index (χ4n) is 0.706. The van der Waals surface area contributed by atoms with Crippen LogP contribution in [0, 0.1) is 0 Å². The van der Waals surface area contributed by atoms with Crippen LogP contribution < -0.4 is 0 Å². The van der Waals surface area contributed by atoms with Gasteiger partial charge in [-0.1, -0.05) is 15.9 Å². The van der Waals surface area contributed by atoms with Crippen LogP contribution >= 0.6 is 15.9 Å². The maximum atomic E-state index is 10.5. The Bertz CT molecular complexity index is 110. The zero-order valence-electron chi connectivity index (χ0n) is 5.10. The van der Waals surface area contributed by atoms with Crippen LogP contribution in [0.5, 0.6) is 0 Å². The van der Waals surface area contributed by atoms with Crippen molar-refractivity contribution in [3.63, 3.8) is 0 Å². The summed E-state index contributed by atoms with van der Waals surface area (Å²) in [7, 11) is 0. The Hall–Kier alpha value is -0.0500. The van der Waals surface area contributed by atoms with Crippen molar-refractivity contribution in [3.8, 4) is 0 Å². The maximum Gasteiger partial charge on any atom is 0.316 e. The van der Waals surface area contributed by atoms with Crippen LogP contribution in [0.25, 0.3) is 0 Å². The molecule has 0 atom stereocenters. The highest BCUT2D eigenvalue weighted by atomic mass is 79.9. The summed E-state index contributed by atoms with van der Waals surface area (Å²) >= 11 is 3.02. The van der Waals surface area contributed by atoms with Crippen molar-refractivity contribution in [1.29, 1.82) is 0 Å². The molecule has 2 nitrogen and oxygen atoms in total. The third-order valence-electron chi connectivity index (χ3n) is 1.46. The molecular formula is C6H9BrO2. The first-order valence-corrected chi connectivity index (χ1v) is 4.20. The van der Waals surface area contributed by atoms with E-state index < -0.39 is 0 Å². The van der Waals surface area contributed by atoms with Crippen molar-refractivity contribution in [1.82, 2.24) is 0 Å². The number of hydrogen-bond donors (Lipinski definition) is 0. The SMILES string of the molecule is O=C(CBr)OC1CCC1. The molecule has 0 radical (unpaired) electrons. The van der Waals surface area contributed by atoms with E-state index in [1.807, 2.05) is 0 Å². The van der Waals surface area contributed by atoms with Crippen LogP contribution in [0.3, 0.4) is 0 Å². The highest BCUT2D eigenvalue weighted by Gasteiger charge is 2.20. The number of halogens is 1. The number of ether oxygens (including phenoxy) is 1. The molecule has 0 unspecified atom stereocenters. The summed E-state index contributed by atoms with van der Waals surface area (Å²) in [6.07, 6.45) is 3.55. The molecule has 52 valence electrons. The van der Waals surface area contributed by atoms with Crippen molar-refractivity contribution >= 4 is 21.9 Å². The Morgan fingerprint density at radius 2 is 2.33 bits per heavy atom. The number of esters is 1. The van der Waals surface area contributed by atoms with E-state index in [9.17, 15) is 4.79 Å². The third-order valence-corrected chi connectivity index (χ3v) is 1.92. The summed E-state index contributed by atoms with van der Waals surface area (Å²) in [5.41, 5.74) is 0. The second-order valence-corrected chi connectivity index (χ2v) is 2.74. The molecule has 0 amide bonds. The summed E-state index contributed by atoms with van der Waals surface area (Å²) in [5, 5.41) is 0.323. The van der Waals surface area contributed by atoms with Crippen molar-refractivity contribution < 1.29 is 9.53 Å². The molecule has 0 spiro atoms. The van der Waals surface area contributed by atoms with Crippen LogP contribution in [-0.2, 0) is 9.53 Å². The molecule has 0 N–H and O–H groups in total. The number of carbonyl (C=O) groups is 1. The van der Waals surface area contributed by atoms with Gasteiger partial charge in [-0.3, -0.25) is 4.79 Å². The number of hydrogen-bond acceptors (Lipinski definition) is 2. The van der Waals surface area contributed by atoms with Crippen LogP contribution in [0.15, 0.2) is 0 Å². The normalized spacial score (nSPS) is 18.8. The predicted octanol–water partition coefficient (Wildman–Crippen LogP) is 1.48. The monoisotopic (exact) mass is 192 g/mol. The largest absolute Gasteiger partial charge is 0.462 e. The van der Waals surface area contributed by atoms with Gasteiger partial charge in [0.25, 0.3) is 0 Å². The third kappa shape index (κ3) is 1.97. The van der Waals surface area contributed by atoms with Crippen molar-refractivity contribution in [3.05, 3.63) is 0 Å². The van der Waals surface area contributed by atoms with E-state index in [0.29, 0.717) is 5.33 Å². The molecule has 0 bridgehead atoms. The minimum absolute atomic E-state index is 0.139. The lowest BCUT2D eigenvalue weighted by molar-refractivity contribution is -0.149. The lowest BCUT2D eigenvalue weighted by atomic mass is 9.96. The topological polar surface area (TPSA) is 26.3 Å². The molecule has 0 aromatic carbocycles. The lowest BCUT2D eigenvalue weighted by Crippen LogP contribution is -2.25. The summed E-state index contributed by atoms with van der Waals surface area (Å²) in [6, 6.07) is 0. The smallest absolute Gasteiger partial charge is 0.316 e. The highest BCUT2D eigenvalue weighted by molar-refractivity contribution is 9.09. The molecule has 1 aliphatic carbocycles. The van der Waals surface area contributed by atoms with Gasteiger partial charge in [-0.2, -0.15) is 0 Å². The summed E-state index contributed by atoms with van der Waals surface area (Å²) in [4.78, 5) is 10.5. The average Bonchev–Trinajstić information content (AvgIpc) is 1.78. The highest BCUT2D eigenvalue weighted by Crippen LogP contribution is 2.21. The summed E-state index contributed by atoms with van der Waals surface area (Å²) in [6.45, 7) is 0. The van der Waals surface area contributed by atoms with Gasteiger partial charge in [0.05, 0.1) is 0 Å². The Kier molecular flexibility index (Phi) is 2.51. The van der Waals surface area contributed by atoms with Gasteiger partial charge in [-0.25, -0.2) is 0 Å². The van der Waals surface area contributed by atoms with E-state index in [1.54, 1.807) is 0 Å². The first kappa shape index (κ1) is 7.06. The first-order valence-electron chi connectivity index (χ1n) is 3.08. The molecule has 1 aliphatic rings. The van der Waals surface area contributed by atoms with Gasteiger partial charge in [0, 0.05) is 0 Å². The molecule has 9 heavy (non-hydrogen) atoms. The van der Waals surface area contributed by atoms with Gasteiger partial charge in [-0.15, -0.1) is 0 Å². The molecular weight excluding hydrogens is 184 g/mol. The molecule has 3 heteroatoms. The molecule has 0 aliphatic heterocycles. The van der Waals surface area contributed by atoms with Gasteiger partial charge in [0.15, 0.2) is 0 Å². The van der Waals surface area contributed by atoms with E-state index in [0.717, 1.165) is 12.8 Å². The summed E-state index contributed by atoms with van der Waals surface area (Å²) in [5.74, 6) is -0.139. The predicted molar refractivity (Wildman–Crippen MR) is 37.5 cm³/mol. The Morgan fingerprint density at radius 3 is 2.67 bits per heavy atom. The number of carbonyl (C=O) groups excluding carboxylic acids is 1. The maximum absolute atomic E-state index is 10.5. The zero-order chi connectivity index (χ0) is 6.69. The van der Waals surface area contributed by atoms with Gasteiger partial charge < -0.3 is 4.74 Å². The van der Waals surface area contributed by atoms with E-state index in [-0.39, 0.29) is 12.1 Å². The lowest BCUT2D eigenvalue weighted by Gasteiger charge is -2.24. The van der Waals surface area contributed by atoms with E-state index in [4.69, 9.17) is 4.74 Å². The van der Waals surface area contributed by atoms with Gasteiger partial charge in [-0.05, 0) is 19.3 Å². The van der Waals surface area contributed by atoms with E-state index >= 15 is 0 Å². The van der Waals surface area contributed by atoms with Crippen molar-refractivity contribution in [2.45, 2.75) is 25.4 Å². The fraction of sp³-hybridized carbons (Fsp3) is 0.833. The van der Waals surface area contributed by atoms with E-state index in [2.05, 4.69) is 15.9 Å². The van der Waals surface area contributed by atoms with E-state index in [1.165, 1.54) is 6.42 Å². The van der Waals surface area contributed by atoms with Gasteiger partial charge in [0.2, 0.25) is 0 Å². The molecule has 0 aromatic heterocycles. The summed E-state index contributed by atoms with van der Waals surface area (Å²) < 4.78 is 4.95. The van der Waals surface area contributed by atoms with Crippen LogP contribution in [0.1, 0.15) is 19.3 Å². The quantitative estimate of drug-likeness (QED) is 0.490. The Balaban J connectivity index is 2.09. The van der Waals surface area contributed by atoms with Crippen LogP contribution in [-0.4, -0.2) is 17.4 Å². The second-order valence-electron chi connectivity index (χ2n) is 2.18. The molecule has 1 saturated carbocycles. The fourth-order valence-corrected chi connectivity index (χ4v) is 0.838. The number of rotatable bonds is 2. The van der Waals surface area contributed by atoms with Crippen LogP contribution in [0.2, 0.25) is 0 Å². The standard InChI is InChI=1S/C6H9BrO2/c7-4-6(8)9-5-2-1-3-5/h5H,1-4H2. The molecule has 1 fully saturated rings. The molecule has 0 saturated heterocycles. The second kappa shape index (κ2) is 3.20. The van der Waals surface area contributed by atoms with Crippen molar-refractivity contribution in [2.24, 2.45) is 0 Å². The van der Waals surface area contributed by atoms with Crippen molar-refractivity contribution in [2.75, 3.05) is 5.33 Å². The molecule has 0 aromatic rings. The zero-order valence-corrected chi connectivity index (χ0v) is 6.69.